The molecular formula is C25H28N4O5S. The van der Waals surface area contributed by atoms with Gasteiger partial charge >= 0.3 is 0 Å². The molecule has 0 spiro atoms. The second kappa shape index (κ2) is 10.4. The third-order valence-electron chi connectivity index (χ3n) is 6.10. The molecule has 1 aromatic heterocycles. The van der Waals surface area contributed by atoms with E-state index in [1.807, 2.05) is 40.6 Å². The number of carbonyl (C=O) groups excluding carboxylic acids is 1. The number of rotatable bonds is 8. The van der Waals surface area contributed by atoms with Gasteiger partial charge in [0, 0.05) is 44.2 Å². The van der Waals surface area contributed by atoms with Crippen LogP contribution in [0.25, 0.3) is 0 Å². The molecule has 184 valence electrons. The van der Waals surface area contributed by atoms with Crippen molar-refractivity contribution in [2.45, 2.75) is 13.0 Å². The van der Waals surface area contributed by atoms with Crippen LogP contribution in [0.3, 0.4) is 0 Å². The molecule has 2 aromatic carbocycles. The van der Waals surface area contributed by atoms with Gasteiger partial charge in [-0.1, -0.05) is 6.07 Å². The number of hydrogen-bond donors (Lipinski definition) is 1. The van der Waals surface area contributed by atoms with Gasteiger partial charge in [0.2, 0.25) is 12.7 Å². The molecule has 1 N–H and O–H groups in total. The lowest BCUT2D eigenvalue weighted by molar-refractivity contribution is -0.132. The number of ether oxygens (including phenoxy) is 4. The topological polar surface area (TPSA) is 85.4 Å². The van der Waals surface area contributed by atoms with Crippen molar-refractivity contribution in [3.63, 3.8) is 0 Å². The van der Waals surface area contributed by atoms with E-state index in [0.29, 0.717) is 24.0 Å². The number of aromatic nitrogens is 1. The normalized spacial score (nSPS) is 15.2. The fourth-order valence-electron chi connectivity index (χ4n) is 4.19. The number of fused-ring (bicyclic) bond motifs is 1. The van der Waals surface area contributed by atoms with E-state index < -0.39 is 0 Å². The first kappa shape index (κ1) is 23.3. The Bertz CT molecular complexity index is 1190. The molecule has 2 aliphatic heterocycles. The minimum atomic E-state index is 0.101. The van der Waals surface area contributed by atoms with E-state index >= 15 is 0 Å². The molecule has 10 heteroatoms. The molecule has 5 rings (SSSR count). The maximum atomic E-state index is 12.9. The van der Waals surface area contributed by atoms with Crippen LogP contribution in [0.5, 0.6) is 23.0 Å². The molecule has 0 unspecified atom stereocenters. The monoisotopic (exact) mass is 496 g/mol. The van der Waals surface area contributed by atoms with Crippen LogP contribution in [0.2, 0.25) is 0 Å². The number of piperazine rings is 1. The van der Waals surface area contributed by atoms with E-state index in [1.165, 1.54) is 16.9 Å². The highest BCUT2D eigenvalue weighted by atomic mass is 32.1. The van der Waals surface area contributed by atoms with Crippen molar-refractivity contribution in [3.05, 3.63) is 53.0 Å². The predicted molar refractivity (Wildman–Crippen MR) is 133 cm³/mol. The zero-order valence-corrected chi connectivity index (χ0v) is 20.6. The van der Waals surface area contributed by atoms with Gasteiger partial charge in [0.25, 0.3) is 0 Å². The fourth-order valence-corrected chi connectivity index (χ4v) is 4.91. The lowest BCUT2D eigenvalue weighted by Gasteiger charge is -2.34. The number of methoxy groups -OCH3 is 2. The van der Waals surface area contributed by atoms with Crippen LogP contribution in [0.1, 0.15) is 11.3 Å². The maximum absolute atomic E-state index is 12.9. The summed E-state index contributed by atoms with van der Waals surface area (Å²) in [6.07, 6.45) is 0.287. The van der Waals surface area contributed by atoms with Crippen LogP contribution in [0.4, 0.5) is 10.8 Å². The minimum Gasteiger partial charge on any atom is -0.497 e. The Kier molecular flexibility index (Phi) is 6.91. The first-order valence-corrected chi connectivity index (χ1v) is 12.3. The maximum Gasteiger partial charge on any atom is 0.231 e. The molecule has 0 atom stereocenters. The van der Waals surface area contributed by atoms with Crippen molar-refractivity contribution in [2.75, 3.05) is 52.5 Å². The number of benzene rings is 2. The third kappa shape index (κ3) is 5.44. The van der Waals surface area contributed by atoms with Crippen LogP contribution in [0, 0.1) is 0 Å². The molecule has 9 nitrogen and oxygen atoms in total. The highest BCUT2D eigenvalue weighted by Gasteiger charge is 2.23. The Hall–Kier alpha value is -3.50. The summed E-state index contributed by atoms with van der Waals surface area (Å²) in [6.45, 7) is 4.19. The molecule has 0 radical (unpaired) electrons. The molecule has 0 saturated carbocycles. The Balaban J connectivity index is 1.12. The minimum absolute atomic E-state index is 0.101. The van der Waals surface area contributed by atoms with E-state index in [4.69, 9.17) is 18.9 Å². The first-order valence-electron chi connectivity index (χ1n) is 11.4. The standard InChI is InChI=1S/C25H28N4O5S/c1-31-19-4-6-21(32-2)20(13-19)27-25-26-18(15-35-25)12-24(30)29-9-7-28(8-10-29)14-17-3-5-22-23(11-17)34-16-33-22/h3-6,11,13,15H,7-10,12,14,16H2,1-2H3,(H,26,27). The van der Waals surface area contributed by atoms with Crippen LogP contribution in [-0.4, -0.2) is 67.9 Å². The smallest absolute Gasteiger partial charge is 0.231 e. The van der Waals surface area contributed by atoms with E-state index in [-0.39, 0.29) is 19.1 Å². The Morgan fingerprint density at radius 1 is 1.06 bits per heavy atom. The molecule has 3 aromatic rings. The number of carbonyl (C=O) groups is 1. The van der Waals surface area contributed by atoms with Crippen molar-refractivity contribution in [1.82, 2.24) is 14.8 Å². The molecule has 0 bridgehead atoms. The van der Waals surface area contributed by atoms with Gasteiger partial charge in [0.1, 0.15) is 11.5 Å². The molecular weight excluding hydrogens is 468 g/mol. The van der Waals surface area contributed by atoms with Gasteiger partial charge in [-0.25, -0.2) is 4.98 Å². The molecule has 3 heterocycles. The van der Waals surface area contributed by atoms with Gasteiger partial charge in [0.15, 0.2) is 16.6 Å². The quantitative estimate of drug-likeness (QED) is 0.507. The summed E-state index contributed by atoms with van der Waals surface area (Å²) < 4.78 is 21.6. The summed E-state index contributed by atoms with van der Waals surface area (Å²) in [5.74, 6) is 3.11. The van der Waals surface area contributed by atoms with E-state index in [0.717, 1.165) is 48.3 Å². The van der Waals surface area contributed by atoms with Gasteiger partial charge in [-0.2, -0.15) is 0 Å². The third-order valence-corrected chi connectivity index (χ3v) is 6.91. The number of anilines is 2. The van der Waals surface area contributed by atoms with Gasteiger partial charge in [-0.05, 0) is 29.8 Å². The lowest BCUT2D eigenvalue weighted by atomic mass is 10.1. The summed E-state index contributed by atoms with van der Waals surface area (Å²) in [5.41, 5.74) is 2.70. The average Bonchev–Trinajstić information content (AvgIpc) is 3.53. The highest BCUT2D eigenvalue weighted by molar-refractivity contribution is 7.13. The van der Waals surface area contributed by atoms with Gasteiger partial charge in [-0.15, -0.1) is 11.3 Å². The predicted octanol–water partition coefficient (Wildman–Crippen LogP) is 3.52. The average molecular weight is 497 g/mol. The Morgan fingerprint density at radius 3 is 2.69 bits per heavy atom. The first-order chi connectivity index (χ1) is 17.1. The number of amides is 1. The van der Waals surface area contributed by atoms with Crippen LogP contribution in [0.15, 0.2) is 41.8 Å². The van der Waals surface area contributed by atoms with E-state index in [2.05, 4.69) is 21.3 Å². The molecule has 1 fully saturated rings. The molecule has 0 aliphatic carbocycles. The number of nitrogens with one attached hydrogen (secondary N) is 1. The van der Waals surface area contributed by atoms with Crippen LogP contribution < -0.4 is 24.3 Å². The fraction of sp³-hybridized carbons (Fsp3) is 0.360. The van der Waals surface area contributed by atoms with E-state index in [1.54, 1.807) is 14.2 Å². The number of thiazole rings is 1. The zero-order valence-electron chi connectivity index (χ0n) is 19.8. The summed E-state index contributed by atoms with van der Waals surface area (Å²) in [5, 5.41) is 5.89. The van der Waals surface area contributed by atoms with Crippen molar-refractivity contribution in [2.24, 2.45) is 0 Å². The van der Waals surface area contributed by atoms with Crippen molar-refractivity contribution >= 4 is 28.1 Å². The highest BCUT2D eigenvalue weighted by Crippen LogP contribution is 2.34. The summed E-state index contributed by atoms with van der Waals surface area (Å²) in [7, 11) is 3.24. The second-order valence-electron chi connectivity index (χ2n) is 8.36. The Labute approximate surface area is 208 Å². The van der Waals surface area contributed by atoms with Crippen molar-refractivity contribution in [1.29, 1.82) is 0 Å². The van der Waals surface area contributed by atoms with Crippen LogP contribution in [-0.2, 0) is 17.8 Å². The number of hydrogen-bond acceptors (Lipinski definition) is 9. The van der Waals surface area contributed by atoms with Gasteiger partial charge < -0.3 is 29.2 Å². The molecule has 35 heavy (non-hydrogen) atoms. The van der Waals surface area contributed by atoms with Crippen molar-refractivity contribution in [3.8, 4) is 23.0 Å². The van der Waals surface area contributed by atoms with Gasteiger partial charge in [-0.3, -0.25) is 9.69 Å². The SMILES string of the molecule is COc1ccc(OC)c(Nc2nc(CC(=O)N3CCN(Cc4ccc5c(c4)OCO5)CC3)cs2)c1. The molecule has 1 amide bonds. The van der Waals surface area contributed by atoms with Crippen LogP contribution >= 0.6 is 11.3 Å². The summed E-state index contributed by atoms with van der Waals surface area (Å²) >= 11 is 1.46. The largest absolute Gasteiger partial charge is 0.497 e. The summed E-state index contributed by atoms with van der Waals surface area (Å²) in [6, 6.07) is 11.6. The Morgan fingerprint density at radius 2 is 1.89 bits per heavy atom. The molecule has 2 aliphatic rings. The molecule has 1 saturated heterocycles. The zero-order chi connectivity index (χ0) is 24.2. The lowest BCUT2D eigenvalue weighted by Crippen LogP contribution is -2.48. The second-order valence-corrected chi connectivity index (χ2v) is 9.21. The van der Waals surface area contributed by atoms with E-state index in [9.17, 15) is 4.79 Å². The summed E-state index contributed by atoms with van der Waals surface area (Å²) in [4.78, 5) is 21.8. The van der Waals surface area contributed by atoms with Gasteiger partial charge in [0.05, 0.1) is 32.0 Å². The number of nitrogens with zero attached hydrogens (tertiary/aromatic N) is 3. The van der Waals surface area contributed by atoms with Crippen molar-refractivity contribution < 1.29 is 23.7 Å².